The number of carbonyl (C=O) groups excluding carboxylic acids is 1. The predicted molar refractivity (Wildman–Crippen MR) is 169 cm³/mol. The first-order valence-corrected chi connectivity index (χ1v) is 14.8. The van der Waals surface area contributed by atoms with Crippen LogP contribution in [0.4, 0.5) is 16.2 Å². The van der Waals surface area contributed by atoms with Crippen LogP contribution in [0.25, 0.3) is 11.3 Å². The van der Waals surface area contributed by atoms with E-state index in [0.29, 0.717) is 37.8 Å². The molecule has 9 nitrogen and oxygen atoms in total. The Balaban J connectivity index is 1.28. The van der Waals surface area contributed by atoms with Gasteiger partial charge in [0.15, 0.2) is 0 Å². The maximum atomic E-state index is 12.3. The van der Waals surface area contributed by atoms with Crippen molar-refractivity contribution in [1.29, 1.82) is 0 Å². The van der Waals surface area contributed by atoms with Gasteiger partial charge in [-0.25, -0.2) is 9.78 Å². The third-order valence-corrected chi connectivity index (χ3v) is 7.38. The van der Waals surface area contributed by atoms with Gasteiger partial charge in [0.25, 0.3) is 0 Å². The number of nitrogens with one attached hydrogen (secondary N) is 1. The molecular formula is C35H37N3O6. The number of benzene rings is 3. The first-order chi connectivity index (χ1) is 21.2. The second-order valence-corrected chi connectivity index (χ2v) is 11.8. The molecule has 44 heavy (non-hydrogen) atoms. The summed E-state index contributed by atoms with van der Waals surface area (Å²) in [4.78, 5) is 19.6. The molecule has 6 rings (SSSR count). The van der Waals surface area contributed by atoms with Crippen molar-refractivity contribution in [1.82, 2.24) is 4.98 Å². The highest BCUT2D eigenvalue weighted by molar-refractivity contribution is 5.85. The number of hydrogen-bond donors (Lipinski definition) is 1. The molecule has 0 unspecified atom stereocenters. The molecule has 3 aromatic carbocycles. The molecular weight excluding hydrogens is 558 g/mol. The summed E-state index contributed by atoms with van der Waals surface area (Å²) in [5.74, 6) is 2.83. The smallest absolute Gasteiger partial charge is 0.412 e. The molecule has 228 valence electrons. The third-order valence-electron chi connectivity index (χ3n) is 7.38. The zero-order chi connectivity index (χ0) is 30.7. The van der Waals surface area contributed by atoms with Crippen LogP contribution >= 0.6 is 0 Å². The van der Waals surface area contributed by atoms with E-state index in [1.807, 2.05) is 81.4 Å². The summed E-state index contributed by atoms with van der Waals surface area (Å²) in [6.07, 6.45) is 0.153. The minimum atomic E-state index is -0.579. The monoisotopic (exact) mass is 595 g/mol. The molecule has 3 heterocycles. The van der Waals surface area contributed by atoms with Gasteiger partial charge in [-0.2, -0.15) is 0 Å². The lowest BCUT2D eigenvalue weighted by Gasteiger charge is -2.29. The molecule has 1 fully saturated rings. The normalized spacial score (nSPS) is 14.1. The number of rotatable bonds is 7. The Morgan fingerprint density at radius 1 is 0.977 bits per heavy atom. The van der Waals surface area contributed by atoms with Gasteiger partial charge < -0.3 is 28.6 Å². The number of aromatic nitrogens is 1. The zero-order valence-corrected chi connectivity index (χ0v) is 25.5. The Kier molecular flexibility index (Phi) is 8.30. The van der Waals surface area contributed by atoms with E-state index >= 15 is 0 Å². The molecule has 2 aliphatic heterocycles. The van der Waals surface area contributed by atoms with Crippen LogP contribution in [0.15, 0.2) is 72.8 Å². The highest BCUT2D eigenvalue weighted by Crippen LogP contribution is 2.44. The molecule has 1 N–H and O–H groups in total. The van der Waals surface area contributed by atoms with Gasteiger partial charge in [-0.05, 0) is 68.8 Å². The van der Waals surface area contributed by atoms with Gasteiger partial charge in [0.2, 0.25) is 5.88 Å². The molecule has 0 aliphatic carbocycles. The molecule has 0 spiro atoms. The van der Waals surface area contributed by atoms with E-state index < -0.39 is 11.7 Å². The highest BCUT2D eigenvalue weighted by Gasteiger charge is 2.24. The van der Waals surface area contributed by atoms with Crippen molar-refractivity contribution >= 4 is 17.5 Å². The van der Waals surface area contributed by atoms with Crippen molar-refractivity contribution in [2.24, 2.45) is 0 Å². The lowest BCUT2D eigenvalue weighted by atomic mass is 9.96. The number of carbonyl (C=O) groups is 1. The fraction of sp³-hybridized carbons (Fsp3) is 0.314. The Hall–Kier alpha value is -4.76. The minimum absolute atomic E-state index is 0.374. The Morgan fingerprint density at radius 3 is 2.52 bits per heavy atom. The van der Waals surface area contributed by atoms with Crippen LogP contribution in [0, 0.1) is 0 Å². The summed E-state index contributed by atoms with van der Waals surface area (Å²) < 4.78 is 29.0. The molecule has 0 saturated carbocycles. The van der Waals surface area contributed by atoms with Crippen LogP contribution in [-0.2, 0) is 22.5 Å². The third kappa shape index (κ3) is 6.89. The Bertz CT molecular complexity index is 1640. The van der Waals surface area contributed by atoms with Gasteiger partial charge in [0.05, 0.1) is 26.0 Å². The van der Waals surface area contributed by atoms with Crippen molar-refractivity contribution in [2.45, 2.75) is 39.4 Å². The lowest BCUT2D eigenvalue weighted by molar-refractivity contribution is 0.0636. The first-order valence-electron chi connectivity index (χ1n) is 14.8. The average molecular weight is 596 g/mol. The van der Waals surface area contributed by atoms with E-state index in [1.165, 1.54) is 0 Å². The molecule has 4 aromatic rings. The maximum absolute atomic E-state index is 12.3. The van der Waals surface area contributed by atoms with Crippen molar-refractivity contribution < 1.29 is 28.5 Å². The summed E-state index contributed by atoms with van der Waals surface area (Å²) >= 11 is 0. The topological polar surface area (TPSA) is 91.4 Å². The molecule has 0 bridgehead atoms. The number of fused-ring (bicyclic) bond motifs is 2. The fourth-order valence-corrected chi connectivity index (χ4v) is 5.26. The standard InChI is InChI=1S/C35H37N3O6/c1-35(2,3)44-34(39)36-26-10-13-31-25(19-26)18-24-6-5-7-29(33(24)43-31)30-20-27(38-14-16-41-17-15-38)21-32(37-30)42-22-23-8-11-28(40-4)12-9-23/h5-13,19-21H,14-18,22H2,1-4H3,(H,36,39). The lowest BCUT2D eigenvalue weighted by Crippen LogP contribution is -2.36. The molecule has 1 amide bonds. The number of anilines is 2. The number of morpholine rings is 1. The Labute approximate surface area is 257 Å². The number of ether oxygens (including phenoxy) is 5. The van der Waals surface area contributed by atoms with E-state index in [1.54, 1.807) is 7.11 Å². The molecule has 9 heteroatoms. The van der Waals surface area contributed by atoms with E-state index in [9.17, 15) is 4.79 Å². The van der Waals surface area contributed by atoms with Gasteiger partial charge in [-0.3, -0.25) is 5.32 Å². The van der Waals surface area contributed by atoms with E-state index in [2.05, 4.69) is 22.3 Å². The van der Waals surface area contributed by atoms with E-state index in [4.69, 9.17) is 28.7 Å². The molecule has 2 aliphatic rings. The van der Waals surface area contributed by atoms with Crippen LogP contribution < -0.4 is 24.4 Å². The molecule has 0 radical (unpaired) electrons. The summed E-state index contributed by atoms with van der Waals surface area (Å²) in [5.41, 5.74) is 5.77. The number of para-hydroxylation sites is 1. The molecule has 1 aromatic heterocycles. The van der Waals surface area contributed by atoms with E-state index in [-0.39, 0.29) is 0 Å². The van der Waals surface area contributed by atoms with Gasteiger partial charge in [0.1, 0.15) is 29.5 Å². The molecule has 1 saturated heterocycles. The second-order valence-electron chi connectivity index (χ2n) is 11.8. The van der Waals surface area contributed by atoms with Crippen LogP contribution in [0.1, 0.15) is 37.5 Å². The van der Waals surface area contributed by atoms with Crippen LogP contribution in [0.3, 0.4) is 0 Å². The molecule has 0 atom stereocenters. The van der Waals surface area contributed by atoms with Gasteiger partial charge >= 0.3 is 6.09 Å². The van der Waals surface area contributed by atoms with Crippen molar-refractivity contribution in [2.75, 3.05) is 43.6 Å². The number of hydrogen-bond acceptors (Lipinski definition) is 8. The number of methoxy groups -OCH3 is 1. The predicted octanol–water partition coefficient (Wildman–Crippen LogP) is 7.22. The summed E-state index contributed by atoms with van der Waals surface area (Å²) in [6, 6.07) is 23.6. The van der Waals surface area contributed by atoms with Crippen LogP contribution in [-0.4, -0.2) is 50.1 Å². The van der Waals surface area contributed by atoms with Crippen LogP contribution in [0.5, 0.6) is 23.1 Å². The second kappa shape index (κ2) is 12.5. The highest BCUT2D eigenvalue weighted by atomic mass is 16.6. The van der Waals surface area contributed by atoms with Crippen molar-refractivity contribution in [3.63, 3.8) is 0 Å². The summed E-state index contributed by atoms with van der Waals surface area (Å²) in [6.45, 7) is 8.81. The van der Waals surface area contributed by atoms with Gasteiger partial charge in [-0.1, -0.05) is 24.3 Å². The fourth-order valence-electron chi connectivity index (χ4n) is 5.26. The van der Waals surface area contributed by atoms with Crippen molar-refractivity contribution in [3.05, 3.63) is 89.5 Å². The minimum Gasteiger partial charge on any atom is -0.497 e. The number of amides is 1. The van der Waals surface area contributed by atoms with Crippen LogP contribution in [0.2, 0.25) is 0 Å². The first kappa shape index (κ1) is 29.3. The van der Waals surface area contributed by atoms with E-state index in [0.717, 1.165) is 64.0 Å². The zero-order valence-electron chi connectivity index (χ0n) is 25.5. The SMILES string of the molecule is COc1ccc(COc2cc(N3CCOCC3)cc(-c3cccc4c3Oc3ccc(NC(=O)OC(C)(C)C)cc3C4)n2)cc1. The maximum Gasteiger partial charge on any atom is 0.412 e. The number of nitrogens with zero attached hydrogens (tertiary/aromatic N) is 2. The largest absolute Gasteiger partial charge is 0.497 e. The summed E-state index contributed by atoms with van der Waals surface area (Å²) in [7, 11) is 1.65. The summed E-state index contributed by atoms with van der Waals surface area (Å²) in [5, 5.41) is 2.82. The van der Waals surface area contributed by atoms with Crippen molar-refractivity contribution in [3.8, 4) is 34.4 Å². The van der Waals surface area contributed by atoms with Gasteiger partial charge in [0, 0.05) is 53.6 Å². The average Bonchev–Trinajstić information content (AvgIpc) is 3.02. The van der Waals surface area contributed by atoms with Gasteiger partial charge in [-0.15, -0.1) is 0 Å². The Morgan fingerprint density at radius 2 is 1.77 bits per heavy atom. The quantitative estimate of drug-likeness (QED) is 0.211. The number of pyridine rings is 1.